The highest BCUT2D eigenvalue weighted by Gasteiger charge is 2.30. The van der Waals surface area contributed by atoms with Crippen LogP contribution in [-0.2, 0) is 16.0 Å². The van der Waals surface area contributed by atoms with E-state index in [1.165, 1.54) is 0 Å². The maximum absolute atomic E-state index is 12.6. The summed E-state index contributed by atoms with van der Waals surface area (Å²) < 4.78 is 0. The van der Waals surface area contributed by atoms with Gasteiger partial charge in [0.25, 0.3) is 0 Å². The van der Waals surface area contributed by atoms with Crippen LogP contribution < -0.4 is 5.32 Å². The Morgan fingerprint density at radius 1 is 1.33 bits per heavy atom. The van der Waals surface area contributed by atoms with Gasteiger partial charge in [0.1, 0.15) is 6.04 Å². The third kappa shape index (κ3) is 4.49. The van der Waals surface area contributed by atoms with Gasteiger partial charge >= 0.3 is 0 Å². The summed E-state index contributed by atoms with van der Waals surface area (Å²) in [5.74, 6) is -0.00538. The molecule has 0 bridgehead atoms. The van der Waals surface area contributed by atoms with E-state index >= 15 is 0 Å². The van der Waals surface area contributed by atoms with E-state index < -0.39 is 6.04 Å². The van der Waals surface area contributed by atoms with Crippen molar-refractivity contribution in [3.8, 4) is 0 Å². The lowest BCUT2D eigenvalue weighted by Crippen LogP contribution is -2.47. The van der Waals surface area contributed by atoms with Crippen LogP contribution in [0.3, 0.4) is 0 Å². The number of carbonyl (C=O) groups excluding carboxylic acids is 2. The van der Waals surface area contributed by atoms with Crippen molar-refractivity contribution in [1.29, 1.82) is 0 Å². The average molecular weight is 306 g/mol. The summed E-state index contributed by atoms with van der Waals surface area (Å²) in [6.07, 6.45) is 2.98. The van der Waals surface area contributed by atoms with Crippen molar-refractivity contribution in [2.24, 2.45) is 0 Å². The van der Waals surface area contributed by atoms with E-state index in [1.807, 2.05) is 41.5 Å². The number of hydrogen-bond acceptors (Lipinski definition) is 3. The molecule has 5 heteroatoms. The van der Waals surface area contributed by atoms with Crippen molar-refractivity contribution in [3.05, 3.63) is 35.9 Å². The van der Waals surface area contributed by atoms with Gasteiger partial charge in [0.05, 0.1) is 0 Å². The summed E-state index contributed by atoms with van der Waals surface area (Å²) in [6.45, 7) is 3.31. The van der Waals surface area contributed by atoms with E-state index in [-0.39, 0.29) is 11.8 Å². The average Bonchev–Trinajstić information content (AvgIpc) is 2.62. The van der Waals surface area contributed by atoms with Gasteiger partial charge in [0.15, 0.2) is 0 Å². The van der Waals surface area contributed by atoms with E-state index in [0.717, 1.165) is 5.56 Å². The summed E-state index contributed by atoms with van der Waals surface area (Å²) in [7, 11) is 0. The standard InChI is InChI=1S/C16H22N2O2S/c1-12(21-2)11-18-9-8-15(19)17-14(16(18)20)10-13-6-4-3-5-7-13/h3-7,12,14H,8-11H2,1-2H3,(H,17,19). The van der Waals surface area contributed by atoms with Crippen LogP contribution in [0.25, 0.3) is 0 Å². The van der Waals surface area contributed by atoms with Crippen molar-refractivity contribution >= 4 is 23.6 Å². The molecule has 0 radical (unpaired) electrons. The molecule has 1 aliphatic rings. The molecule has 0 saturated carbocycles. The smallest absolute Gasteiger partial charge is 0.245 e. The maximum Gasteiger partial charge on any atom is 0.245 e. The fourth-order valence-electron chi connectivity index (χ4n) is 2.45. The second-order valence-corrected chi connectivity index (χ2v) is 6.67. The molecular formula is C16H22N2O2S. The van der Waals surface area contributed by atoms with E-state index in [9.17, 15) is 9.59 Å². The molecule has 1 fully saturated rings. The fraction of sp³-hybridized carbons (Fsp3) is 0.500. The third-order valence-electron chi connectivity index (χ3n) is 3.72. The number of benzene rings is 1. The fourth-order valence-corrected chi connectivity index (χ4v) is 2.78. The normalized spacial score (nSPS) is 20.9. The molecule has 2 unspecified atom stereocenters. The predicted octanol–water partition coefficient (Wildman–Crippen LogP) is 1.70. The zero-order valence-corrected chi connectivity index (χ0v) is 13.4. The molecular weight excluding hydrogens is 284 g/mol. The van der Waals surface area contributed by atoms with E-state index in [2.05, 4.69) is 12.2 Å². The summed E-state index contributed by atoms with van der Waals surface area (Å²) in [5, 5.41) is 3.24. The van der Waals surface area contributed by atoms with E-state index in [0.29, 0.717) is 31.2 Å². The monoisotopic (exact) mass is 306 g/mol. The largest absolute Gasteiger partial charge is 0.344 e. The molecule has 1 aliphatic heterocycles. The first-order valence-electron chi connectivity index (χ1n) is 7.25. The lowest BCUT2D eigenvalue weighted by Gasteiger charge is -2.26. The van der Waals surface area contributed by atoms with Crippen LogP contribution in [0.4, 0.5) is 0 Å². The highest BCUT2D eigenvalue weighted by Crippen LogP contribution is 2.13. The first kappa shape index (κ1) is 15.9. The van der Waals surface area contributed by atoms with Crippen LogP contribution in [-0.4, -0.2) is 47.4 Å². The number of nitrogens with one attached hydrogen (secondary N) is 1. The lowest BCUT2D eigenvalue weighted by molar-refractivity contribution is -0.133. The Hall–Kier alpha value is -1.49. The molecule has 2 amide bonds. The van der Waals surface area contributed by atoms with Gasteiger partial charge in [-0.1, -0.05) is 37.3 Å². The number of amides is 2. The van der Waals surface area contributed by atoms with Crippen LogP contribution in [0.2, 0.25) is 0 Å². The number of nitrogens with zero attached hydrogens (tertiary/aromatic N) is 1. The van der Waals surface area contributed by atoms with Gasteiger partial charge < -0.3 is 10.2 Å². The van der Waals surface area contributed by atoms with Gasteiger partial charge in [0.2, 0.25) is 11.8 Å². The van der Waals surface area contributed by atoms with E-state index in [1.54, 1.807) is 11.8 Å². The molecule has 21 heavy (non-hydrogen) atoms. The van der Waals surface area contributed by atoms with Gasteiger partial charge in [0, 0.05) is 31.2 Å². The molecule has 0 spiro atoms. The minimum Gasteiger partial charge on any atom is -0.344 e. The molecule has 114 valence electrons. The van der Waals surface area contributed by atoms with Crippen LogP contribution in [0, 0.1) is 0 Å². The van der Waals surface area contributed by atoms with Gasteiger partial charge in [-0.25, -0.2) is 0 Å². The molecule has 1 aromatic rings. The number of rotatable bonds is 5. The zero-order valence-electron chi connectivity index (χ0n) is 12.5. The molecule has 1 heterocycles. The SMILES string of the molecule is CSC(C)CN1CCC(=O)NC(Cc2ccccc2)C1=O. The van der Waals surface area contributed by atoms with E-state index in [4.69, 9.17) is 0 Å². The summed E-state index contributed by atoms with van der Waals surface area (Å²) in [6, 6.07) is 9.37. The Balaban J connectivity index is 2.10. The molecule has 1 N–H and O–H groups in total. The minimum atomic E-state index is -0.448. The summed E-state index contributed by atoms with van der Waals surface area (Å²) >= 11 is 1.73. The maximum atomic E-state index is 12.6. The van der Waals surface area contributed by atoms with Crippen molar-refractivity contribution in [1.82, 2.24) is 10.2 Å². The summed E-state index contributed by atoms with van der Waals surface area (Å²) in [4.78, 5) is 26.3. The lowest BCUT2D eigenvalue weighted by atomic mass is 10.1. The Labute approximate surface area is 130 Å². The molecule has 2 atom stereocenters. The molecule has 0 aromatic heterocycles. The second-order valence-electron chi connectivity index (χ2n) is 5.39. The quantitative estimate of drug-likeness (QED) is 0.901. The number of carbonyl (C=O) groups is 2. The molecule has 1 aromatic carbocycles. The first-order valence-corrected chi connectivity index (χ1v) is 8.54. The molecule has 0 aliphatic carbocycles. The van der Waals surface area contributed by atoms with Crippen LogP contribution >= 0.6 is 11.8 Å². The Morgan fingerprint density at radius 2 is 2.05 bits per heavy atom. The van der Waals surface area contributed by atoms with Crippen molar-refractivity contribution in [2.45, 2.75) is 31.1 Å². The second kappa shape index (κ2) is 7.50. The van der Waals surface area contributed by atoms with Crippen LogP contribution in [0.15, 0.2) is 30.3 Å². The highest BCUT2D eigenvalue weighted by atomic mass is 32.2. The Morgan fingerprint density at radius 3 is 2.71 bits per heavy atom. The Bertz CT molecular complexity index is 492. The highest BCUT2D eigenvalue weighted by molar-refractivity contribution is 7.99. The minimum absolute atomic E-state index is 0.0330. The number of thioether (sulfide) groups is 1. The van der Waals surface area contributed by atoms with Gasteiger partial charge in [-0.05, 0) is 11.8 Å². The Kier molecular flexibility index (Phi) is 5.67. The zero-order chi connectivity index (χ0) is 15.2. The third-order valence-corrected chi connectivity index (χ3v) is 4.67. The number of hydrogen-bond donors (Lipinski definition) is 1. The molecule has 2 rings (SSSR count). The van der Waals surface area contributed by atoms with Crippen LogP contribution in [0.5, 0.6) is 0 Å². The molecule has 4 nitrogen and oxygen atoms in total. The first-order chi connectivity index (χ1) is 10.1. The topological polar surface area (TPSA) is 49.4 Å². The van der Waals surface area contributed by atoms with Gasteiger partial charge in [-0.3, -0.25) is 9.59 Å². The molecule has 1 saturated heterocycles. The van der Waals surface area contributed by atoms with Crippen molar-refractivity contribution < 1.29 is 9.59 Å². The van der Waals surface area contributed by atoms with Crippen molar-refractivity contribution in [3.63, 3.8) is 0 Å². The van der Waals surface area contributed by atoms with Gasteiger partial charge in [-0.2, -0.15) is 11.8 Å². The van der Waals surface area contributed by atoms with Crippen molar-refractivity contribution in [2.75, 3.05) is 19.3 Å². The summed E-state index contributed by atoms with van der Waals surface area (Å²) in [5.41, 5.74) is 1.07. The predicted molar refractivity (Wildman–Crippen MR) is 86.3 cm³/mol. The van der Waals surface area contributed by atoms with Crippen LogP contribution in [0.1, 0.15) is 18.9 Å². The van der Waals surface area contributed by atoms with Gasteiger partial charge in [-0.15, -0.1) is 0 Å².